The number of benzene rings is 2. The first-order chi connectivity index (χ1) is 10.9. The molecule has 0 aromatic heterocycles. The van der Waals surface area contributed by atoms with Crippen molar-refractivity contribution in [2.75, 3.05) is 11.9 Å². The molecular formula is C16H18N2O4S. The summed E-state index contributed by atoms with van der Waals surface area (Å²) in [5.74, 6) is 0. The lowest BCUT2D eigenvalue weighted by molar-refractivity contribution is -0.384. The number of hydrogen-bond acceptors (Lipinski definition) is 5. The minimum absolute atomic E-state index is 0.0421. The van der Waals surface area contributed by atoms with Crippen molar-refractivity contribution in [3.05, 3.63) is 58.1 Å². The van der Waals surface area contributed by atoms with Crippen LogP contribution < -0.4 is 5.32 Å². The summed E-state index contributed by atoms with van der Waals surface area (Å²) < 4.78 is 25.3. The summed E-state index contributed by atoms with van der Waals surface area (Å²) in [5.41, 5.74) is 1.36. The van der Waals surface area contributed by atoms with E-state index in [0.717, 1.165) is 18.7 Å². The first kappa shape index (κ1) is 17.0. The van der Waals surface area contributed by atoms with Crippen molar-refractivity contribution >= 4 is 21.2 Å². The molecular weight excluding hydrogens is 316 g/mol. The summed E-state index contributed by atoms with van der Waals surface area (Å²) in [6.07, 6.45) is 0.974. The Morgan fingerprint density at radius 1 is 1.13 bits per heavy atom. The van der Waals surface area contributed by atoms with Crippen LogP contribution in [0.3, 0.4) is 0 Å². The minimum atomic E-state index is -3.70. The lowest BCUT2D eigenvalue weighted by Crippen LogP contribution is -2.06. The highest BCUT2D eigenvalue weighted by Gasteiger charge is 2.21. The van der Waals surface area contributed by atoms with Crippen LogP contribution in [0.25, 0.3) is 0 Å². The first-order valence-corrected chi connectivity index (χ1v) is 8.68. The Kier molecular flexibility index (Phi) is 5.00. The van der Waals surface area contributed by atoms with Gasteiger partial charge in [-0.15, -0.1) is 0 Å². The van der Waals surface area contributed by atoms with E-state index in [4.69, 9.17) is 0 Å². The number of rotatable bonds is 6. The van der Waals surface area contributed by atoms with E-state index in [1.807, 2.05) is 6.92 Å². The molecule has 2 aromatic rings. The quantitative estimate of drug-likeness (QED) is 0.644. The molecule has 1 N–H and O–H groups in total. The van der Waals surface area contributed by atoms with Crippen molar-refractivity contribution in [2.45, 2.75) is 30.1 Å². The fourth-order valence-electron chi connectivity index (χ4n) is 2.20. The number of sulfone groups is 1. The second kappa shape index (κ2) is 6.78. The highest BCUT2D eigenvalue weighted by atomic mass is 32.2. The summed E-state index contributed by atoms with van der Waals surface area (Å²) in [4.78, 5) is 10.3. The molecule has 0 spiro atoms. The Labute approximate surface area is 135 Å². The molecule has 0 unspecified atom stereocenters. The molecule has 2 aromatic carbocycles. The molecule has 23 heavy (non-hydrogen) atoms. The molecule has 0 bridgehead atoms. The number of aryl methyl sites for hydroxylation is 1. The Bertz CT molecular complexity index is 814. The lowest BCUT2D eigenvalue weighted by atomic mass is 10.2. The standard InChI is InChI=1S/C16H18N2O4S/c1-3-10-17-13-4-9-16(12(2)11-13)23(21,22)15-7-5-14(6-8-15)18(19)20/h4-9,11,17H,3,10H2,1-2H3. The van der Waals surface area contributed by atoms with Crippen LogP contribution in [0.2, 0.25) is 0 Å². The van der Waals surface area contributed by atoms with E-state index in [2.05, 4.69) is 5.32 Å². The molecule has 0 amide bonds. The molecule has 7 heteroatoms. The van der Waals surface area contributed by atoms with E-state index >= 15 is 0 Å². The highest BCUT2D eigenvalue weighted by molar-refractivity contribution is 7.91. The summed E-state index contributed by atoms with van der Waals surface area (Å²) in [5, 5.41) is 13.9. The van der Waals surface area contributed by atoms with Crippen molar-refractivity contribution in [3.8, 4) is 0 Å². The van der Waals surface area contributed by atoms with Gasteiger partial charge in [0.15, 0.2) is 0 Å². The Morgan fingerprint density at radius 3 is 2.30 bits per heavy atom. The molecule has 0 saturated heterocycles. The third-order valence-corrected chi connectivity index (χ3v) is 5.33. The van der Waals surface area contributed by atoms with Gasteiger partial charge in [-0.25, -0.2) is 8.42 Å². The largest absolute Gasteiger partial charge is 0.385 e. The van der Waals surface area contributed by atoms with Crippen LogP contribution in [0.5, 0.6) is 0 Å². The van der Waals surface area contributed by atoms with Crippen molar-refractivity contribution in [3.63, 3.8) is 0 Å². The van der Waals surface area contributed by atoms with Crippen molar-refractivity contribution < 1.29 is 13.3 Å². The van der Waals surface area contributed by atoms with Gasteiger partial charge in [-0.05, 0) is 49.2 Å². The average molecular weight is 334 g/mol. The molecule has 0 atom stereocenters. The van der Waals surface area contributed by atoms with Crippen molar-refractivity contribution in [1.29, 1.82) is 0 Å². The molecule has 0 radical (unpaired) electrons. The van der Waals surface area contributed by atoms with Crippen molar-refractivity contribution in [2.24, 2.45) is 0 Å². The van der Waals surface area contributed by atoms with E-state index in [1.165, 1.54) is 24.3 Å². The maximum atomic E-state index is 12.7. The van der Waals surface area contributed by atoms with E-state index in [0.29, 0.717) is 5.56 Å². The predicted octanol–water partition coefficient (Wildman–Crippen LogP) is 3.56. The molecule has 0 saturated carbocycles. The number of anilines is 1. The summed E-state index contributed by atoms with van der Waals surface area (Å²) >= 11 is 0. The molecule has 0 aliphatic carbocycles. The predicted molar refractivity (Wildman–Crippen MR) is 88.5 cm³/mol. The van der Waals surface area contributed by atoms with Crippen LogP contribution in [0, 0.1) is 17.0 Å². The fourth-order valence-corrected chi connectivity index (χ4v) is 3.68. The zero-order chi connectivity index (χ0) is 17.0. The van der Waals surface area contributed by atoms with Gasteiger partial charge in [0.05, 0.1) is 14.7 Å². The zero-order valence-corrected chi connectivity index (χ0v) is 13.8. The van der Waals surface area contributed by atoms with Gasteiger partial charge in [0.2, 0.25) is 9.84 Å². The average Bonchev–Trinajstić information content (AvgIpc) is 2.52. The SMILES string of the molecule is CCCNc1ccc(S(=O)(=O)c2ccc([N+](=O)[O-])cc2)c(C)c1. The third kappa shape index (κ3) is 3.68. The Balaban J connectivity index is 2.37. The molecule has 0 heterocycles. The number of nitrogens with zero attached hydrogens (tertiary/aromatic N) is 1. The van der Waals surface area contributed by atoms with Crippen LogP contribution in [0.4, 0.5) is 11.4 Å². The smallest absolute Gasteiger partial charge is 0.269 e. The number of nitro benzene ring substituents is 1. The Morgan fingerprint density at radius 2 is 1.78 bits per heavy atom. The van der Waals surface area contributed by atoms with Gasteiger partial charge >= 0.3 is 0 Å². The van der Waals surface area contributed by atoms with Crippen LogP contribution >= 0.6 is 0 Å². The van der Waals surface area contributed by atoms with Gasteiger partial charge < -0.3 is 5.32 Å². The molecule has 0 aliphatic heterocycles. The van der Waals surface area contributed by atoms with Crippen LogP contribution in [0.15, 0.2) is 52.3 Å². The number of nitro groups is 1. The van der Waals surface area contributed by atoms with Crippen LogP contribution in [-0.2, 0) is 9.84 Å². The van der Waals surface area contributed by atoms with Crippen molar-refractivity contribution in [1.82, 2.24) is 0 Å². The lowest BCUT2D eigenvalue weighted by Gasteiger charge is -2.11. The number of non-ortho nitro benzene ring substituents is 1. The van der Waals surface area contributed by atoms with Gasteiger partial charge in [0.1, 0.15) is 0 Å². The second-order valence-corrected chi connectivity index (χ2v) is 7.08. The number of hydrogen-bond donors (Lipinski definition) is 1. The van der Waals surface area contributed by atoms with Crippen LogP contribution in [-0.4, -0.2) is 19.9 Å². The van der Waals surface area contributed by atoms with Crippen LogP contribution in [0.1, 0.15) is 18.9 Å². The van der Waals surface area contributed by atoms with E-state index in [9.17, 15) is 18.5 Å². The summed E-state index contributed by atoms with van der Waals surface area (Å²) in [6.45, 7) is 4.59. The van der Waals surface area contributed by atoms with Gasteiger partial charge in [-0.3, -0.25) is 10.1 Å². The van der Waals surface area contributed by atoms with Gasteiger partial charge in [-0.2, -0.15) is 0 Å². The van der Waals surface area contributed by atoms with Gasteiger partial charge in [0.25, 0.3) is 5.69 Å². The topological polar surface area (TPSA) is 89.3 Å². The second-order valence-electron chi connectivity index (χ2n) is 5.16. The first-order valence-electron chi connectivity index (χ1n) is 7.20. The fraction of sp³-hybridized carbons (Fsp3) is 0.250. The zero-order valence-electron chi connectivity index (χ0n) is 12.9. The minimum Gasteiger partial charge on any atom is -0.385 e. The molecule has 6 nitrogen and oxygen atoms in total. The molecule has 0 fully saturated rings. The monoisotopic (exact) mass is 334 g/mol. The van der Waals surface area contributed by atoms with Gasteiger partial charge in [0, 0.05) is 24.4 Å². The summed E-state index contributed by atoms with van der Waals surface area (Å²) in [6, 6.07) is 9.98. The molecule has 0 aliphatic rings. The van der Waals surface area contributed by atoms with E-state index in [-0.39, 0.29) is 15.5 Å². The summed E-state index contributed by atoms with van der Waals surface area (Å²) in [7, 11) is -3.70. The molecule has 2 rings (SSSR count). The van der Waals surface area contributed by atoms with E-state index in [1.54, 1.807) is 25.1 Å². The highest BCUT2D eigenvalue weighted by Crippen LogP contribution is 2.27. The normalized spacial score (nSPS) is 11.2. The maximum Gasteiger partial charge on any atom is 0.269 e. The van der Waals surface area contributed by atoms with E-state index < -0.39 is 14.8 Å². The third-order valence-electron chi connectivity index (χ3n) is 3.40. The van der Waals surface area contributed by atoms with Gasteiger partial charge in [-0.1, -0.05) is 6.92 Å². The number of nitrogens with one attached hydrogen (secondary N) is 1. The Hall–Kier alpha value is -2.41. The molecule has 122 valence electrons. The maximum absolute atomic E-state index is 12.7.